The lowest BCUT2D eigenvalue weighted by Gasteiger charge is -1.96. The van der Waals surface area contributed by atoms with Crippen molar-refractivity contribution in [1.29, 1.82) is 0 Å². The van der Waals surface area contributed by atoms with E-state index >= 15 is 0 Å². The number of carbonyl (C=O) groups excluding carboxylic acids is 1. The first-order valence-corrected chi connectivity index (χ1v) is 7.08. The van der Waals surface area contributed by atoms with Gasteiger partial charge in [-0.3, -0.25) is 4.79 Å². The molecule has 22 heavy (non-hydrogen) atoms. The summed E-state index contributed by atoms with van der Waals surface area (Å²) in [7, 11) is 0. The van der Waals surface area contributed by atoms with Crippen LogP contribution in [0.25, 0.3) is 23.0 Å². The average molecular weight is 295 g/mol. The monoisotopic (exact) mass is 295 g/mol. The molecule has 3 rings (SSSR count). The number of nitrogens with one attached hydrogen (secondary N) is 1. The Morgan fingerprint density at radius 2 is 2.00 bits per heavy atom. The Balaban J connectivity index is 2.05. The largest absolute Gasteiger partial charge is 0.354 e. The molecule has 0 aliphatic carbocycles. The first-order chi connectivity index (χ1) is 10.5. The summed E-state index contributed by atoms with van der Waals surface area (Å²) in [6.45, 7) is 7.32. The van der Waals surface area contributed by atoms with Crippen LogP contribution in [0, 0.1) is 20.8 Å². The second-order valence-electron chi connectivity index (χ2n) is 5.47. The summed E-state index contributed by atoms with van der Waals surface area (Å²) in [5, 5.41) is 4.04. The van der Waals surface area contributed by atoms with Crippen LogP contribution in [0.5, 0.6) is 0 Å². The highest BCUT2D eigenvalue weighted by Crippen LogP contribution is 2.28. The maximum absolute atomic E-state index is 11.7. The molecule has 0 atom stereocenters. The van der Waals surface area contributed by atoms with Gasteiger partial charge in [-0.15, -0.1) is 0 Å². The van der Waals surface area contributed by atoms with Gasteiger partial charge in [-0.05, 0) is 39.3 Å². The molecule has 5 nitrogen and oxygen atoms in total. The van der Waals surface area contributed by atoms with Gasteiger partial charge in [0.05, 0.1) is 0 Å². The van der Waals surface area contributed by atoms with E-state index in [1.807, 2.05) is 45.0 Å². The second kappa shape index (κ2) is 5.26. The fourth-order valence-corrected chi connectivity index (χ4v) is 2.72. The first kappa shape index (κ1) is 14.3. The van der Waals surface area contributed by atoms with E-state index < -0.39 is 0 Å². The molecule has 0 saturated heterocycles. The molecule has 0 saturated carbocycles. The van der Waals surface area contributed by atoms with Gasteiger partial charge in [0.2, 0.25) is 5.82 Å². The number of carbonyl (C=O) groups is 1. The standard InChI is InChI=1S/C17H17N3O2/c1-9-6-5-7-13(8-9)16-19-17(22-20-16)15-10(2)14(12(4)21)11(3)18-15/h5-8,18H,1-4H3. The number of aromatic nitrogens is 3. The molecule has 2 aromatic heterocycles. The Morgan fingerprint density at radius 1 is 1.23 bits per heavy atom. The molecule has 112 valence electrons. The predicted molar refractivity (Wildman–Crippen MR) is 83.7 cm³/mol. The number of aryl methyl sites for hydroxylation is 2. The van der Waals surface area contributed by atoms with Crippen LogP contribution in [-0.2, 0) is 0 Å². The lowest BCUT2D eigenvalue weighted by atomic mass is 10.1. The Kier molecular flexibility index (Phi) is 3.41. The van der Waals surface area contributed by atoms with Crippen molar-refractivity contribution in [2.24, 2.45) is 0 Å². The van der Waals surface area contributed by atoms with Crippen LogP contribution in [0.1, 0.15) is 34.1 Å². The fraction of sp³-hybridized carbons (Fsp3) is 0.235. The van der Waals surface area contributed by atoms with E-state index in [1.165, 1.54) is 0 Å². The smallest absolute Gasteiger partial charge is 0.274 e. The van der Waals surface area contributed by atoms with E-state index in [-0.39, 0.29) is 5.78 Å². The van der Waals surface area contributed by atoms with Crippen molar-refractivity contribution in [2.45, 2.75) is 27.7 Å². The number of rotatable bonds is 3. The number of ketones is 1. The van der Waals surface area contributed by atoms with Crippen molar-refractivity contribution in [3.63, 3.8) is 0 Å². The predicted octanol–water partition coefficient (Wildman–Crippen LogP) is 3.86. The van der Waals surface area contributed by atoms with Gasteiger partial charge in [-0.25, -0.2) is 0 Å². The SMILES string of the molecule is CC(=O)c1c(C)[nH]c(-c2nc(-c3cccc(C)c3)no2)c1C. The van der Waals surface area contributed by atoms with Gasteiger partial charge in [0.25, 0.3) is 5.89 Å². The number of benzene rings is 1. The van der Waals surface area contributed by atoms with Gasteiger partial charge in [0.15, 0.2) is 5.78 Å². The van der Waals surface area contributed by atoms with E-state index in [1.54, 1.807) is 6.92 Å². The molecule has 5 heteroatoms. The van der Waals surface area contributed by atoms with Crippen molar-refractivity contribution >= 4 is 5.78 Å². The van der Waals surface area contributed by atoms with Crippen LogP contribution < -0.4 is 0 Å². The van der Waals surface area contributed by atoms with E-state index in [2.05, 4.69) is 15.1 Å². The number of Topliss-reactive ketones (excluding diaryl/α,β-unsaturated/α-hetero) is 1. The molecule has 0 bridgehead atoms. The van der Waals surface area contributed by atoms with Crippen molar-refractivity contribution in [3.05, 3.63) is 46.6 Å². The fourth-order valence-electron chi connectivity index (χ4n) is 2.72. The Morgan fingerprint density at radius 3 is 2.64 bits per heavy atom. The highest BCUT2D eigenvalue weighted by molar-refractivity contribution is 5.98. The Hall–Kier alpha value is -2.69. The van der Waals surface area contributed by atoms with Crippen LogP contribution in [0.4, 0.5) is 0 Å². The summed E-state index contributed by atoms with van der Waals surface area (Å²) in [5.41, 5.74) is 5.08. The van der Waals surface area contributed by atoms with Crippen LogP contribution in [0.3, 0.4) is 0 Å². The van der Waals surface area contributed by atoms with E-state index in [0.717, 1.165) is 22.4 Å². The molecule has 0 fully saturated rings. The third kappa shape index (κ3) is 2.35. The van der Waals surface area contributed by atoms with Crippen LogP contribution in [-0.4, -0.2) is 20.9 Å². The van der Waals surface area contributed by atoms with Gasteiger partial charge < -0.3 is 9.51 Å². The van der Waals surface area contributed by atoms with E-state index in [4.69, 9.17) is 4.52 Å². The number of aromatic amines is 1. The lowest BCUT2D eigenvalue weighted by molar-refractivity contribution is 0.101. The highest BCUT2D eigenvalue weighted by Gasteiger charge is 2.20. The number of hydrogen-bond acceptors (Lipinski definition) is 4. The summed E-state index contributed by atoms with van der Waals surface area (Å²) >= 11 is 0. The van der Waals surface area contributed by atoms with Crippen molar-refractivity contribution in [2.75, 3.05) is 0 Å². The minimum Gasteiger partial charge on any atom is -0.354 e. The molecule has 0 amide bonds. The Bertz CT molecular complexity index is 859. The van der Waals surface area contributed by atoms with Gasteiger partial charge in [0, 0.05) is 16.8 Å². The summed E-state index contributed by atoms with van der Waals surface area (Å²) in [5.74, 6) is 0.954. The molecule has 3 aromatic rings. The molecule has 2 heterocycles. The topological polar surface area (TPSA) is 71.8 Å². The summed E-state index contributed by atoms with van der Waals surface area (Å²) in [6, 6.07) is 7.92. The molecule has 0 spiro atoms. The third-order valence-electron chi connectivity index (χ3n) is 3.71. The minimum absolute atomic E-state index is 0.0240. The molecule has 0 aliphatic rings. The van der Waals surface area contributed by atoms with Crippen LogP contribution in [0.15, 0.2) is 28.8 Å². The molecule has 0 unspecified atom stereocenters. The molecule has 1 N–H and O–H groups in total. The lowest BCUT2D eigenvalue weighted by Crippen LogP contribution is -1.94. The molecular weight excluding hydrogens is 278 g/mol. The molecule has 0 aliphatic heterocycles. The van der Waals surface area contributed by atoms with Crippen molar-refractivity contribution < 1.29 is 9.32 Å². The van der Waals surface area contributed by atoms with Gasteiger partial charge in [-0.2, -0.15) is 4.98 Å². The number of H-pyrrole nitrogens is 1. The Labute approximate surface area is 128 Å². The maximum atomic E-state index is 11.7. The van der Waals surface area contributed by atoms with Gasteiger partial charge in [0.1, 0.15) is 5.69 Å². The number of hydrogen-bond donors (Lipinski definition) is 1. The number of nitrogens with zero attached hydrogens (tertiary/aromatic N) is 2. The highest BCUT2D eigenvalue weighted by atomic mass is 16.5. The van der Waals surface area contributed by atoms with Crippen molar-refractivity contribution in [3.8, 4) is 23.0 Å². The third-order valence-corrected chi connectivity index (χ3v) is 3.71. The van der Waals surface area contributed by atoms with Crippen LogP contribution in [0.2, 0.25) is 0 Å². The zero-order valence-electron chi connectivity index (χ0n) is 13.0. The zero-order valence-corrected chi connectivity index (χ0v) is 13.0. The van der Waals surface area contributed by atoms with E-state index in [0.29, 0.717) is 23.0 Å². The maximum Gasteiger partial charge on any atom is 0.274 e. The summed E-state index contributed by atoms with van der Waals surface area (Å²) in [4.78, 5) is 19.3. The van der Waals surface area contributed by atoms with E-state index in [9.17, 15) is 4.79 Å². The summed E-state index contributed by atoms with van der Waals surface area (Å²) in [6.07, 6.45) is 0. The minimum atomic E-state index is 0.0240. The normalized spacial score (nSPS) is 10.9. The van der Waals surface area contributed by atoms with Crippen LogP contribution >= 0.6 is 0 Å². The quantitative estimate of drug-likeness (QED) is 0.745. The van der Waals surface area contributed by atoms with Gasteiger partial charge >= 0.3 is 0 Å². The summed E-state index contributed by atoms with van der Waals surface area (Å²) < 4.78 is 5.37. The molecular formula is C17H17N3O2. The molecule has 0 radical (unpaired) electrons. The molecule has 1 aromatic carbocycles. The average Bonchev–Trinajstić information content (AvgIpc) is 3.03. The first-order valence-electron chi connectivity index (χ1n) is 7.08. The van der Waals surface area contributed by atoms with Gasteiger partial charge in [-0.1, -0.05) is 28.9 Å². The second-order valence-corrected chi connectivity index (χ2v) is 5.47. The zero-order chi connectivity index (χ0) is 15.9. The van der Waals surface area contributed by atoms with Crippen molar-refractivity contribution in [1.82, 2.24) is 15.1 Å².